The summed E-state index contributed by atoms with van der Waals surface area (Å²) in [4.78, 5) is 34.4. The molecule has 2 amide bonds. The third-order valence-electron chi connectivity index (χ3n) is 6.73. The van der Waals surface area contributed by atoms with Gasteiger partial charge in [0.05, 0.1) is 11.2 Å². The van der Waals surface area contributed by atoms with Crippen molar-refractivity contribution < 1.29 is 28.8 Å². The first-order valence-corrected chi connectivity index (χ1v) is 12.2. The number of aliphatic carboxylic acids is 1. The van der Waals surface area contributed by atoms with E-state index in [1.165, 1.54) is 6.92 Å². The van der Waals surface area contributed by atoms with Crippen molar-refractivity contribution in [3.05, 3.63) is 0 Å². The molecule has 2 fully saturated rings. The summed E-state index contributed by atoms with van der Waals surface area (Å²) in [5.74, 6) is -1.08. The van der Waals surface area contributed by atoms with Gasteiger partial charge in [0.2, 0.25) is 11.8 Å². The molecular formula is C24H46BN3O6. The summed E-state index contributed by atoms with van der Waals surface area (Å²) >= 11 is 0. The maximum absolute atomic E-state index is 13.4. The Hall–Kier alpha value is -1.65. The van der Waals surface area contributed by atoms with E-state index in [1.807, 2.05) is 48.5 Å². The Kier molecular flexibility index (Phi) is 10.2. The third kappa shape index (κ3) is 8.54. The lowest BCUT2D eigenvalue weighted by Gasteiger charge is -2.48. The van der Waals surface area contributed by atoms with Crippen molar-refractivity contribution in [2.75, 3.05) is 0 Å². The number of hydrogen-bond donors (Lipinski definition) is 4. The second-order valence-electron chi connectivity index (χ2n) is 11.7. The van der Waals surface area contributed by atoms with Gasteiger partial charge in [0.15, 0.2) is 0 Å². The first-order valence-electron chi connectivity index (χ1n) is 12.2. The molecule has 1 atom stereocenters. The zero-order valence-electron chi connectivity index (χ0n) is 22.5. The second-order valence-corrected chi connectivity index (χ2v) is 11.7. The third-order valence-corrected chi connectivity index (χ3v) is 6.73. The van der Waals surface area contributed by atoms with Gasteiger partial charge < -0.3 is 30.8 Å². The first kappa shape index (κ1) is 30.4. The highest BCUT2D eigenvalue weighted by atomic mass is 16.7. The minimum absolute atomic E-state index is 0.0515. The number of carbonyl (C=O) groups is 3. The molecule has 0 aromatic heterocycles. The van der Waals surface area contributed by atoms with E-state index < -0.39 is 11.5 Å². The Balaban J connectivity index is 0.00000133. The van der Waals surface area contributed by atoms with Crippen LogP contribution in [-0.4, -0.2) is 58.3 Å². The van der Waals surface area contributed by atoms with E-state index in [4.69, 9.17) is 24.9 Å². The molecule has 2 rings (SSSR count). The molecule has 10 heteroatoms. The quantitative estimate of drug-likeness (QED) is 0.307. The summed E-state index contributed by atoms with van der Waals surface area (Å²) in [6.45, 7) is 16.6. The normalized spacial score (nSPS) is 24.7. The van der Waals surface area contributed by atoms with Gasteiger partial charge in [0.25, 0.3) is 5.97 Å². The van der Waals surface area contributed by atoms with Crippen molar-refractivity contribution in [1.82, 2.24) is 10.6 Å². The molecule has 1 aliphatic carbocycles. The number of amides is 2. The van der Waals surface area contributed by atoms with Gasteiger partial charge in [-0.25, -0.2) is 0 Å². The van der Waals surface area contributed by atoms with Crippen molar-refractivity contribution in [2.24, 2.45) is 11.7 Å². The average molecular weight is 483 g/mol. The molecule has 0 bridgehead atoms. The van der Waals surface area contributed by atoms with Gasteiger partial charge in [0.1, 0.15) is 5.54 Å². The van der Waals surface area contributed by atoms with Gasteiger partial charge in [-0.05, 0) is 80.0 Å². The second kappa shape index (κ2) is 11.4. The minimum Gasteiger partial charge on any atom is -0.481 e. The molecule has 196 valence electrons. The van der Waals surface area contributed by atoms with Crippen LogP contribution in [0.15, 0.2) is 0 Å². The van der Waals surface area contributed by atoms with E-state index in [9.17, 15) is 9.59 Å². The van der Waals surface area contributed by atoms with Gasteiger partial charge in [-0.1, -0.05) is 12.8 Å². The standard InChI is InChI=1S/C22H42BN3O4.C2H4O2/c1-15(27)25-22(16-13-17(24)14-16,18(28)26-19(2,3)4)11-9-10-12-23-29-20(5,6)21(7,8)30-23;1-2(3)4/h16-17H,9-14,24H2,1-8H3,(H,25,27)(H,26,28);1H3,(H,3,4)/t16-,17+,22?;. The molecule has 0 spiro atoms. The van der Waals surface area contributed by atoms with Crippen LogP contribution in [0.5, 0.6) is 0 Å². The van der Waals surface area contributed by atoms with Crippen LogP contribution >= 0.6 is 0 Å². The van der Waals surface area contributed by atoms with Gasteiger partial charge in [-0.2, -0.15) is 0 Å². The zero-order chi connectivity index (χ0) is 26.5. The summed E-state index contributed by atoms with van der Waals surface area (Å²) in [5, 5.41) is 13.5. The predicted octanol–water partition coefficient (Wildman–Crippen LogP) is 2.87. The van der Waals surface area contributed by atoms with Crippen molar-refractivity contribution in [3.63, 3.8) is 0 Å². The number of hydrogen-bond acceptors (Lipinski definition) is 6. The molecule has 0 radical (unpaired) electrons. The molecule has 1 heterocycles. The predicted molar refractivity (Wildman–Crippen MR) is 133 cm³/mol. The summed E-state index contributed by atoms with van der Waals surface area (Å²) < 4.78 is 12.2. The van der Waals surface area contributed by atoms with Crippen LogP contribution in [0.2, 0.25) is 6.32 Å². The number of carboxylic acid groups (broad SMARTS) is 1. The molecular weight excluding hydrogens is 437 g/mol. The summed E-state index contributed by atoms with van der Waals surface area (Å²) in [6, 6.07) is 0.0929. The minimum atomic E-state index is -0.926. The number of rotatable bonds is 8. The molecule has 34 heavy (non-hydrogen) atoms. The number of carbonyl (C=O) groups excluding carboxylic acids is 2. The lowest BCUT2D eigenvalue weighted by atomic mass is 9.65. The van der Waals surface area contributed by atoms with Crippen LogP contribution in [0.1, 0.15) is 94.4 Å². The number of carboxylic acids is 1. The number of unbranched alkanes of at least 4 members (excludes halogenated alkanes) is 1. The largest absolute Gasteiger partial charge is 0.481 e. The molecule has 0 aromatic carbocycles. The van der Waals surface area contributed by atoms with Gasteiger partial charge in [0, 0.05) is 25.4 Å². The van der Waals surface area contributed by atoms with Crippen molar-refractivity contribution in [3.8, 4) is 0 Å². The van der Waals surface area contributed by atoms with Crippen LogP contribution in [-0.2, 0) is 23.7 Å². The average Bonchev–Trinajstić information content (AvgIpc) is 2.79. The Labute approximate surface area is 205 Å². The Morgan fingerprint density at radius 1 is 1.00 bits per heavy atom. The number of nitrogens with two attached hydrogens (primary N) is 1. The Bertz CT molecular complexity index is 711. The number of nitrogens with one attached hydrogen (secondary N) is 2. The van der Waals surface area contributed by atoms with Crippen molar-refractivity contribution in [2.45, 2.75) is 129 Å². The fourth-order valence-corrected chi connectivity index (χ4v) is 4.35. The molecule has 1 saturated carbocycles. The lowest BCUT2D eigenvalue weighted by Crippen LogP contribution is -2.68. The van der Waals surface area contributed by atoms with E-state index in [2.05, 4.69) is 10.6 Å². The Morgan fingerprint density at radius 3 is 1.85 bits per heavy atom. The van der Waals surface area contributed by atoms with Crippen molar-refractivity contribution in [1.29, 1.82) is 0 Å². The van der Waals surface area contributed by atoms with E-state index in [0.717, 1.165) is 38.9 Å². The maximum atomic E-state index is 13.4. The molecule has 2 aliphatic rings. The SMILES string of the molecule is CC(=O)NC(CCCCB1OC(C)(C)C(C)(C)O1)(C(=O)NC(C)(C)C)[C@H]1C[C@@H](N)C1.CC(=O)O. The molecule has 0 aromatic rings. The van der Waals surface area contributed by atoms with Gasteiger partial charge in [-0.3, -0.25) is 14.4 Å². The van der Waals surface area contributed by atoms with Gasteiger partial charge >= 0.3 is 7.12 Å². The molecule has 9 nitrogen and oxygen atoms in total. The zero-order valence-corrected chi connectivity index (χ0v) is 22.5. The highest BCUT2D eigenvalue weighted by Gasteiger charge is 2.52. The molecule has 5 N–H and O–H groups in total. The molecule has 1 saturated heterocycles. The van der Waals surface area contributed by atoms with Crippen LogP contribution in [0.4, 0.5) is 0 Å². The van der Waals surface area contributed by atoms with E-state index in [-0.39, 0.29) is 47.6 Å². The maximum Gasteiger partial charge on any atom is 0.457 e. The summed E-state index contributed by atoms with van der Waals surface area (Å²) in [6.07, 6.45) is 4.46. The smallest absolute Gasteiger partial charge is 0.457 e. The van der Waals surface area contributed by atoms with E-state index >= 15 is 0 Å². The van der Waals surface area contributed by atoms with Crippen molar-refractivity contribution >= 4 is 24.9 Å². The van der Waals surface area contributed by atoms with E-state index in [1.54, 1.807) is 0 Å². The first-order chi connectivity index (χ1) is 15.3. The fraction of sp³-hybridized carbons (Fsp3) is 0.875. The highest BCUT2D eigenvalue weighted by molar-refractivity contribution is 6.45. The highest BCUT2D eigenvalue weighted by Crippen LogP contribution is 2.41. The lowest BCUT2D eigenvalue weighted by molar-refractivity contribution is -0.139. The molecule has 1 unspecified atom stereocenters. The molecule has 1 aliphatic heterocycles. The topological polar surface area (TPSA) is 140 Å². The van der Waals surface area contributed by atoms with E-state index in [0.29, 0.717) is 6.42 Å². The fourth-order valence-electron chi connectivity index (χ4n) is 4.35. The van der Waals surface area contributed by atoms with Gasteiger partial charge in [-0.15, -0.1) is 0 Å². The van der Waals surface area contributed by atoms with Crippen LogP contribution in [0, 0.1) is 5.92 Å². The van der Waals surface area contributed by atoms with Crippen LogP contribution in [0.25, 0.3) is 0 Å². The monoisotopic (exact) mass is 483 g/mol. The Morgan fingerprint density at radius 2 is 1.47 bits per heavy atom. The van der Waals surface area contributed by atoms with Crippen LogP contribution < -0.4 is 16.4 Å². The summed E-state index contributed by atoms with van der Waals surface area (Å²) in [5.41, 5.74) is 4.05. The summed E-state index contributed by atoms with van der Waals surface area (Å²) in [7, 11) is -0.245. The van der Waals surface area contributed by atoms with Crippen LogP contribution in [0.3, 0.4) is 0 Å².